The summed E-state index contributed by atoms with van der Waals surface area (Å²) in [4.78, 5) is 37.2. The van der Waals surface area contributed by atoms with Crippen LogP contribution in [-0.4, -0.2) is 49.7 Å². The molecule has 0 atom stereocenters. The summed E-state index contributed by atoms with van der Waals surface area (Å²) in [6.07, 6.45) is 2.77. The Morgan fingerprint density at radius 2 is 1.83 bits per heavy atom. The highest BCUT2D eigenvalue weighted by atomic mass is 32.1. The van der Waals surface area contributed by atoms with E-state index in [0.717, 1.165) is 37.0 Å². The molecule has 4 aromatic heterocycles. The van der Waals surface area contributed by atoms with Crippen LogP contribution >= 0.6 is 11.3 Å². The maximum atomic E-state index is 14.1. The fraction of sp³-hybridized carbons (Fsp3) is 0.370. The van der Waals surface area contributed by atoms with Crippen LogP contribution in [0.15, 0.2) is 35.1 Å². The Morgan fingerprint density at radius 3 is 2.52 bits per heavy atom. The quantitative estimate of drug-likeness (QED) is 0.244. The predicted octanol–water partition coefficient (Wildman–Crippen LogP) is 5.39. The van der Waals surface area contributed by atoms with Gasteiger partial charge in [-0.15, -0.1) is 21.5 Å². The summed E-state index contributed by atoms with van der Waals surface area (Å²) in [6, 6.07) is 2.57. The van der Waals surface area contributed by atoms with Crippen LogP contribution in [0.25, 0.3) is 33.2 Å². The van der Waals surface area contributed by atoms with Crippen molar-refractivity contribution >= 4 is 29.1 Å². The number of nitrogens with one attached hydrogen (secondary N) is 3. The third-order valence-electron chi connectivity index (χ3n) is 6.54. The smallest absolute Gasteiger partial charge is 0.421 e. The largest absolute Gasteiger partial charge is 0.434 e. The molecule has 3 N–H and O–H groups in total. The van der Waals surface area contributed by atoms with Gasteiger partial charge >= 0.3 is 12.2 Å². The zero-order chi connectivity index (χ0) is 29.9. The minimum absolute atomic E-state index is 0.00128. The average molecular weight is 601 g/mol. The summed E-state index contributed by atoms with van der Waals surface area (Å²) >= 11 is 0.767. The number of aromatic nitrogens is 5. The van der Waals surface area contributed by atoms with Gasteiger partial charge in [0, 0.05) is 59.7 Å². The number of pyridine rings is 2. The highest BCUT2D eigenvalue weighted by Crippen LogP contribution is 2.41. The normalized spacial score (nSPS) is 13.7. The highest BCUT2D eigenvalue weighted by Gasteiger charge is 2.38. The van der Waals surface area contributed by atoms with Gasteiger partial charge in [-0.1, -0.05) is 12.8 Å². The Bertz CT molecular complexity index is 1600. The van der Waals surface area contributed by atoms with Gasteiger partial charge in [-0.05, 0) is 31.9 Å². The van der Waals surface area contributed by atoms with Crippen molar-refractivity contribution in [2.24, 2.45) is 0 Å². The van der Waals surface area contributed by atoms with E-state index in [9.17, 15) is 22.8 Å². The third kappa shape index (κ3) is 6.73. The summed E-state index contributed by atoms with van der Waals surface area (Å²) in [5.41, 5.74) is 0.503. The fourth-order valence-corrected chi connectivity index (χ4v) is 5.78. The second kappa shape index (κ2) is 12.2. The molecule has 1 aliphatic rings. The standard InChI is InChI=1S/C27H27F3N8O3S/c1-3-32-26(40)35-21-9-18(19(13-33-21)15-8-16(12-31-11-15)24-38-37-14(2)41-24)25-36-23(27(28,29)30)20(42-25)10-22(39)34-17-6-4-5-7-17/h8-9,11-13,17H,3-7,10H2,1-2H3,(H,34,39)(H2,32,33,35,40). The van der Waals surface area contributed by atoms with Crippen LogP contribution in [-0.2, 0) is 17.4 Å². The van der Waals surface area contributed by atoms with Crippen molar-refractivity contribution < 1.29 is 27.2 Å². The molecule has 0 bridgehead atoms. The molecule has 0 radical (unpaired) electrons. The van der Waals surface area contributed by atoms with E-state index >= 15 is 0 Å². The number of hydrogen-bond acceptors (Lipinski definition) is 9. The molecule has 1 fully saturated rings. The Hall–Kier alpha value is -4.40. The van der Waals surface area contributed by atoms with Crippen LogP contribution in [0.2, 0.25) is 0 Å². The third-order valence-corrected chi connectivity index (χ3v) is 7.63. The monoisotopic (exact) mass is 600 g/mol. The van der Waals surface area contributed by atoms with Crippen molar-refractivity contribution in [3.05, 3.63) is 47.2 Å². The number of carbonyl (C=O) groups excluding carboxylic acids is 2. The highest BCUT2D eigenvalue weighted by molar-refractivity contribution is 7.15. The van der Waals surface area contributed by atoms with Crippen molar-refractivity contribution in [1.29, 1.82) is 0 Å². The lowest BCUT2D eigenvalue weighted by Gasteiger charge is -2.12. The second-order valence-corrected chi connectivity index (χ2v) is 10.8. The van der Waals surface area contributed by atoms with Gasteiger partial charge in [-0.2, -0.15) is 13.2 Å². The number of carbonyl (C=O) groups is 2. The molecule has 42 heavy (non-hydrogen) atoms. The van der Waals surface area contributed by atoms with E-state index in [1.54, 1.807) is 19.9 Å². The maximum Gasteiger partial charge on any atom is 0.434 e. The van der Waals surface area contributed by atoms with E-state index in [1.807, 2.05) is 0 Å². The number of urea groups is 1. The average Bonchev–Trinajstić information content (AvgIpc) is 3.70. The molecule has 1 aliphatic carbocycles. The first-order valence-corrected chi connectivity index (χ1v) is 14.1. The molecular weight excluding hydrogens is 573 g/mol. The van der Waals surface area contributed by atoms with Gasteiger partial charge in [-0.25, -0.2) is 14.8 Å². The SMILES string of the molecule is CCNC(=O)Nc1cc(-c2nc(C(F)(F)F)c(CC(=O)NC3CCCC3)s2)c(-c2cncc(-c3nnc(C)o3)c2)cn1. The maximum absolute atomic E-state index is 14.1. The molecule has 0 unspecified atom stereocenters. The number of hydrogen-bond donors (Lipinski definition) is 3. The number of rotatable bonds is 8. The van der Waals surface area contributed by atoms with Gasteiger partial charge < -0.3 is 15.1 Å². The first-order chi connectivity index (χ1) is 20.1. The number of aryl methyl sites for hydroxylation is 1. The number of amides is 3. The van der Waals surface area contributed by atoms with Crippen LogP contribution in [0.3, 0.4) is 0 Å². The zero-order valence-electron chi connectivity index (χ0n) is 22.7. The minimum atomic E-state index is -4.79. The lowest BCUT2D eigenvalue weighted by atomic mass is 10.0. The van der Waals surface area contributed by atoms with E-state index in [-0.39, 0.29) is 33.2 Å². The number of anilines is 1. The van der Waals surface area contributed by atoms with Crippen LogP contribution in [0.4, 0.5) is 23.8 Å². The fourth-order valence-electron chi connectivity index (χ4n) is 4.67. The van der Waals surface area contributed by atoms with Gasteiger partial charge in [-0.3, -0.25) is 15.1 Å². The second-order valence-electron chi connectivity index (χ2n) is 9.70. The number of nitrogens with zero attached hydrogens (tertiary/aromatic N) is 5. The van der Waals surface area contributed by atoms with Crippen LogP contribution < -0.4 is 16.0 Å². The number of thiazole rings is 1. The summed E-state index contributed by atoms with van der Waals surface area (Å²) in [6.45, 7) is 3.74. The summed E-state index contributed by atoms with van der Waals surface area (Å²) in [7, 11) is 0. The van der Waals surface area contributed by atoms with Crippen molar-refractivity contribution in [2.75, 3.05) is 11.9 Å². The van der Waals surface area contributed by atoms with Crippen molar-refractivity contribution in [3.8, 4) is 33.2 Å². The molecule has 5 rings (SSSR count). The number of halogens is 3. The molecule has 1 saturated carbocycles. The van der Waals surface area contributed by atoms with E-state index in [0.29, 0.717) is 29.1 Å². The lowest BCUT2D eigenvalue weighted by molar-refractivity contribution is -0.141. The topological polar surface area (TPSA) is 148 Å². The van der Waals surface area contributed by atoms with E-state index in [4.69, 9.17) is 4.42 Å². The van der Waals surface area contributed by atoms with Crippen molar-refractivity contribution in [1.82, 2.24) is 35.8 Å². The summed E-state index contributed by atoms with van der Waals surface area (Å²) in [5.74, 6) is 0.184. The van der Waals surface area contributed by atoms with Crippen molar-refractivity contribution in [3.63, 3.8) is 0 Å². The van der Waals surface area contributed by atoms with Gasteiger partial charge in [0.15, 0.2) is 5.69 Å². The molecule has 0 spiro atoms. The molecular formula is C27H27F3N8O3S. The molecule has 4 aromatic rings. The first-order valence-electron chi connectivity index (χ1n) is 13.3. The first kappa shape index (κ1) is 29.1. The van der Waals surface area contributed by atoms with Gasteiger partial charge in [0.1, 0.15) is 10.8 Å². The van der Waals surface area contributed by atoms with Crippen LogP contribution in [0.5, 0.6) is 0 Å². The molecule has 0 aliphatic heterocycles. The van der Waals surface area contributed by atoms with Gasteiger partial charge in [0.2, 0.25) is 17.7 Å². The van der Waals surface area contributed by atoms with Crippen LogP contribution in [0.1, 0.15) is 49.1 Å². The zero-order valence-corrected chi connectivity index (χ0v) is 23.5. The molecule has 4 heterocycles. The summed E-state index contributed by atoms with van der Waals surface area (Å²) < 4.78 is 47.9. The Kier molecular flexibility index (Phi) is 8.47. The molecule has 220 valence electrons. The predicted molar refractivity (Wildman–Crippen MR) is 148 cm³/mol. The molecule has 11 nitrogen and oxygen atoms in total. The van der Waals surface area contributed by atoms with Crippen molar-refractivity contribution in [2.45, 2.75) is 58.2 Å². The van der Waals surface area contributed by atoms with Gasteiger partial charge in [0.05, 0.1) is 12.0 Å². The minimum Gasteiger partial charge on any atom is -0.421 e. The molecule has 3 amide bonds. The molecule has 0 saturated heterocycles. The van der Waals surface area contributed by atoms with E-state index < -0.39 is 30.2 Å². The summed E-state index contributed by atoms with van der Waals surface area (Å²) in [5, 5.41) is 15.8. The van der Waals surface area contributed by atoms with E-state index in [2.05, 4.69) is 41.1 Å². The van der Waals surface area contributed by atoms with Crippen LogP contribution in [0, 0.1) is 6.92 Å². The molecule has 0 aromatic carbocycles. The Labute approximate surface area is 242 Å². The molecule has 15 heteroatoms. The number of alkyl halides is 3. The lowest BCUT2D eigenvalue weighted by Crippen LogP contribution is -2.33. The Morgan fingerprint density at radius 1 is 1.07 bits per heavy atom. The van der Waals surface area contributed by atoms with Gasteiger partial charge in [0.25, 0.3) is 0 Å². The van der Waals surface area contributed by atoms with E-state index in [1.165, 1.54) is 24.7 Å². The Balaban J connectivity index is 1.57.